The Morgan fingerprint density at radius 1 is 1.42 bits per heavy atom. The molecule has 3 heterocycles. The number of aromatic amines is 1. The van der Waals surface area contributed by atoms with Gasteiger partial charge in [0.1, 0.15) is 5.75 Å². The van der Waals surface area contributed by atoms with Crippen LogP contribution in [0.25, 0.3) is 10.9 Å². The first kappa shape index (κ1) is 15.7. The maximum Gasteiger partial charge on any atom is 0.119 e. The second-order valence-corrected chi connectivity index (χ2v) is 6.97. The minimum atomic E-state index is 0.269. The molecule has 4 heteroatoms. The van der Waals surface area contributed by atoms with E-state index in [1.807, 2.05) is 6.07 Å². The summed E-state index contributed by atoms with van der Waals surface area (Å²) in [5.74, 6) is 1.41. The number of nitrogens with one attached hydrogen (secondary N) is 1. The van der Waals surface area contributed by atoms with Crippen molar-refractivity contribution >= 4 is 10.9 Å². The normalized spacial score (nSPS) is 25.7. The van der Waals surface area contributed by atoms with Crippen LogP contribution in [0.5, 0.6) is 5.75 Å². The van der Waals surface area contributed by atoms with Gasteiger partial charge in [0.05, 0.1) is 13.2 Å². The highest BCUT2D eigenvalue weighted by atomic mass is 16.5. The molecule has 128 valence electrons. The lowest BCUT2D eigenvalue weighted by atomic mass is 9.80. The zero-order chi connectivity index (χ0) is 16.7. The van der Waals surface area contributed by atoms with E-state index in [4.69, 9.17) is 4.74 Å². The van der Waals surface area contributed by atoms with Gasteiger partial charge in [0.15, 0.2) is 0 Å². The number of aliphatic hydroxyl groups excluding tert-OH is 1. The quantitative estimate of drug-likeness (QED) is 0.850. The second-order valence-electron chi connectivity index (χ2n) is 6.97. The van der Waals surface area contributed by atoms with Gasteiger partial charge < -0.3 is 14.8 Å². The summed E-state index contributed by atoms with van der Waals surface area (Å²) in [7, 11) is 1.72. The van der Waals surface area contributed by atoms with Crippen molar-refractivity contribution in [3.63, 3.8) is 0 Å². The number of H-pyrrole nitrogens is 1. The van der Waals surface area contributed by atoms with Crippen LogP contribution in [-0.4, -0.2) is 41.8 Å². The Labute approximate surface area is 143 Å². The Balaban J connectivity index is 1.74. The Morgan fingerprint density at radius 3 is 3.04 bits per heavy atom. The molecule has 1 saturated heterocycles. The van der Waals surface area contributed by atoms with Crippen LogP contribution in [0.1, 0.15) is 37.1 Å². The fraction of sp³-hybridized carbons (Fsp3) is 0.500. The lowest BCUT2D eigenvalue weighted by Gasteiger charge is -2.43. The minimum Gasteiger partial charge on any atom is -0.497 e. The predicted molar refractivity (Wildman–Crippen MR) is 96.4 cm³/mol. The van der Waals surface area contributed by atoms with Crippen molar-refractivity contribution in [1.82, 2.24) is 9.88 Å². The Hall–Kier alpha value is -1.78. The predicted octanol–water partition coefficient (Wildman–Crippen LogP) is 3.42. The molecule has 4 rings (SSSR count). The fourth-order valence-electron chi connectivity index (χ4n) is 4.55. The van der Waals surface area contributed by atoms with E-state index in [0.29, 0.717) is 12.0 Å². The van der Waals surface area contributed by atoms with Gasteiger partial charge in [-0.1, -0.05) is 11.6 Å². The Bertz CT molecular complexity index is 777. The van der Waals surface area contributed by atoms with Crippen molar-refractivity contribution in [3.8, 4) is 5.75 Å². The van der Waals surface area contributed by atoms with Crippen molar-refractivity contribution in [2.45, 2.75) is 32.2 Å². The van der Waals surface area contributed by atoms with Gasteiger partial charge in [-0.25, -0.2) is 0 Å². The number of nitrogens with zero attached hydrogens (tertiary/aromatic N) is 1. The first-order chi connectivity index (χ1) is 11.7. The molecule has 1 fully saturated rings. The third kappa shape index (κ3) is 2.45. The molecule has 1 aromatic heterocycles. The average Bonchev–Trinajstić information content (AvgIpc) is 2.99. The third-order valence-electron chi connectivity index (χ3n) is 5.84. The van der Waals surface area contributed by atoms with Crippen molar-refractivity contribution in [2.75, 3.05) is 26.8 Å². The summed E-state index contributed by atoms with van der Waals surface area (Å²) >= 11 is 0. The van der Waals surface area contributed by atoms with E-state index >= 15 is 0 Å². The van der Waals surface area contributed by atoms with E-state index in [-0.39, 0.29) is 6.61 Å². The minimum absolute atomic E-state index is 0.269. The van der Waals surface area contributed by atoms with E-state index in [1.54, 1.807) is 7.11 Å². The van der Waals surface area contributed by atoms with Crippen LogP contribution in [0.15, 0.2) is 29.8 Å². The molecule has 24 heavy (non-hydrogen) atoms. The fourth-order valence-corrected chi connectivity index (χ4v) is 4.55. The van der Waals surface area contributed by atoms with Crippen molar-refractivity contribution < 1.29 is 9.84 Å². The van der Waals surface area contributed by atoms with Gasteiger partial charge >= 0.3 is 0 Å². The topological polar surface area (TPSA) is 48.5 Å². The monoisotopic (exact) mass is 326 g/mol. The Kier molecular flexibility index (Phi) is 4.10. The highest BCUT2D eigenvalue weighted by molar-refractivity contribution is 5.86. The number of benzene rings is 1. The molecule has 4 nitrogen and oxygen atoms in total. The second kappa shape index (κ2) is 6.26. The highest BCUT2D eigenvalue weighted by Crippen LogP contribution is 2.43. The van der Waals surface area contributed by atoms with Gasteiger partial charge in [0.2, 0.25) is 0 Å². The molecule has 0 saturated carbocycles. The molecular weight excluding hydrogens is 300 g/mol. The van der Waals surface area contributed by atoms with Crippen LogP contribution >= 0.6 is 0 Å². The summed E-state index contributed by atoms with van der Waals surface area (Å²) in [6, 6.07) is 6.75. The van der Waals surface area contributed by atoms with E-state index in [0.717, 1.165) is 38.1 Å². The number of rotatable bonds is 3. The molecule has 0 radical (unpaired) electrons. The van der Waals surface area contributed by atoms with Gasteiger partial charge in [-0.3, -0.25) is 4.90 Å². The summed E-state index contributed by atoms with van der Waals surface area (Å²) in [6.45, 7) is 4.53. The standard InChI is InChI=1S/C20H26N2O2/c1-3-13-12-22-8-6-16-17-11-15(24-2)4-5-18(17)21-20(16)19(22)10-14(13)7-9-23/h3-5,11,14,19,21,23H,6-10,12H2,1-2H3/t14-,19-/m0/s1. The number of methoxy groups -OCH3 is 1. The van der Waals surface area contributed by atoms with Crippen molar-refractivity contribution in [2.24, 2.45) is 5.92 Å². The summed E-state index contributed by atoms with van der Waals surface area (Å²) < 4.78 is 5.41. The molecule has 0 amide bonds. The summed E-state index contributed by atoms with van der Waals surface area (Å²) in [4.78, 5) is 6.28. The lowest BCUT2D eigenvalue weighted by Crippen LogP contribution is -2.42. The number of aliphatic hydroxyl groups is 1. The zero-order valence-electron chi connectivity index (χ0n) is 14.5. The summed E-state index contributed by atoms with van der Waals surface area (Å²) in [6.07, 6.45) is 5.30. The van der Waals surface area contributed by atoms with Crippen LogP contribution in [0.4, 0.5) is 0 Å². The maximum absolute atomic E-state index is 9.43. The number of hydrogen-bond donors (Lipinski definition) is 2. The van der Waals surface area contributed by atoms with E-state index in [1.165, 1.54) is 27.7 Å². The first-order valence-electron chi connectivity index (χ1n) is 8.93. The van der Waals surface area contributed by atoms with Crippen LogP contribution in [0.2, 0.25) is 0 Å². The smallest absolute Gasteiger partial charge is 0.119 e. The first-order valence-corrected chi connectivity index (χ1v) is 8.93. The molecule has 2 N–H and O–H groups in total. The van der Waals surface area contributed by atoms with Crippen LogP contribution in [0.3, 0.4) is 0 Å². The highest BCUT2D eigenvalue weighted by Gasteiger charge is 2.37. The van der Waals surface area contributed by atoms with Gasteiger partial charge in [-0.15, -0.1) is 0 Å². The van der Waals surface area contributed by atoms with Gasteiger partial charge in [-0.2, -0.15) is 0 Å². The van der Waals surface area contributed by atoms with Gasteiger partial charge in [0, 0.05) is 36.3 Å². The van der Waals surface area contributed by atoms with Gasteiger partial charge in [-0.05, 0) is 55.9 Å². The zero-order valence-corrected chi connectivity index (χ0v) is 14.5. The number of ether oxygens (including phenoxy) is 1. The van der Waals surface area contributed by atoms with Crippen molar-refractivity contribution in [3.05, 3.63) is 41.1 Å². The van der Waals surface area contributed by atoms with Crippen molar-refractivity contribution in [1.29, 1.82) is 0 Å². The molecule has 0 aliphatic carbocycles. The molecular formula is C20H26N2O2. The molecule has 0 unspecified atom stereocenters. The van der Waals surface area contributed by atoms with E-state index in [2.05, 4.69) is 35.0 Å². The van der Waals surface area contributed by atoms with E-state index < -0.39 is 0 Å². The SMILES string of the molecule is CC=C1CN2CCc3c([nH]c4ccc(OC)cc34)[C@@H]2C[C@@H]1CCO. The third-order valence-corrected chi connectivity index (χ3v) is 5.84. The van der Waals surface area contributed by atoms with Crippen LogP contribution < -0.4 is 4.74 Å². The maximum atomic E-state index is 9.43. The van der Waals surface area contributed by atoms with E-state index in [9.17, 15) is 5.11 Å². The number of hydrogen-bond acceptors (Lipinski definition) is 3. The lowest BCUT2D eigenvalue weighted by molar-refractivity contribution is 0.126. The average molecular weight is 326 g/mol. The molecule has 0 spiro atoms. The summed E-state index contributed by atoms with van der Waals surface area (Å²) in [5.41, 5.74) is 5.53. The molecule has 2 atom stereocenters. The number of aromatic nitrogens is 1. The number of fused-ring (bicyclic) bond motifs is 5. The molecule has 2 aliphatic rings. The molecule has 0 bridgehead atoms. The summed E-state index contributed by atoms with van der Waals surface area (Å²) in [5, 5.41) is 10.7. The van der Waals surface area contributed by atoms with Crippen LogP contribution in [0, 0.1) is 5.92 Å². The van der Waals surface area contributed by atoms with Crippen LogP contribution in [-0.2, 0) is 6.42 Å². The van der Waals surface area contributed by atoms with Gasteiger partial charge in [0.25, 0.3) is 0 Å². The molecule has 1 aromatic carbocycles. The molecule has 2 aliphatic heterocycles. The Morgan fingerprint density at radius 2 is 2.29 bits per heavy atom. The number of allylic oxidation sites excluding steroid dienone is 1. The number of piperidine rings is 1. The largest absolute Gasteiger partial charge is 0.497 e. The molecule has 2 aromatic rings.